The first-order valence-electron chi connectivity index (χ1n) is 7.79. The fourth-order valence-electron chi connectivity index (χ4n) is 2.75. The molecule has 1 aromatic heterocycles. The van der Waals surface area contributed by atoms with Crippen LogP contribution >= 0.6 is 7.82 Å². The van der Waals surface area contributed by atoms with Crippen LogP contribution in [0.2, 0.25) is 0 Å². The molecule has 1 aliphatic rings. The van der Waals surface area contributed by atoms with Gasteiger partial charge < -0.3 is 33.8 Å². The van der Waals surface area contributed by atoms with Crippen molar-refractivity contribution in [3.63, 3.8) is 0 Å². The molecule has 27 heavy (non-hydrogen) atoms. The van der Waals surface area contributed by atoms with Crippen LogP contribution in [0, 0.1) is 0 Å². The van der Waals surface area contributed by atoms with E-state index in [1.54, 1.807) is 0 Å². The van der Waals surface area contributed by atoms with Crippen molar-refractivity contribution in [3.05, 3.63) is 51.3 Å². The number of phosphoric ester groups is 1. The van der Waals surface area contributed by atoms with Crippen molar-refractivity contribution in [3.8, 4) is 16.9 Å². The van der Waals surface area contributed by atoms with Gasteiger partial charge in [0, 0.05) is 12.6 Å². The average molecular weight is 398 g/mol. The average Bonchev–Trinajstić information content (AvgIpc) is 2.94. The number of H-pyrrole nitrogens is 1. The molecule has 0 saturated carbocycles. The number of phenols is 1. The maximum atomic E-state index is 12.1. The summed E-state index contributed by atoms with van der Waals surface area (Å²) in [7, 11) is -5.23. The molecule has 1 aliphatic heterocycles. The summed E-state index contributed by atoms with van der Waals surface area (Å²) < 4.78 is 21.1. The van der Waals surface area contributed by atoms with Crippen LogP contribution in [0.5, 0.6) is 5.75 Å². The predicted molar refractivity (Wildman–Crippen MR) is 86.5 cm³/mol. The molecule has 12 heteroatoms. The van der Waals surface area contributed by atoms with Gasteiger partial charge in [-0.05, 0) is 17.7 Å². The number of rotatable bonds is 5. The molecule has 0 amide bonds. The molecule has 1 aromatic carbocycles. The fourth-order valence-corrected chi connectivity index (χ4v) is 3.08. The quantitative estimate of drug-likeness (QED) is 0.501. The zero-order valence-electron chi connectivity index (χ0n) is 13.7. The molecular formula is C15H15N2O9P-2. The summed E-state index contributed by atoms with van der Waals surface area (Å²) in [6, 6.07) is 5.71. The standard InChI is InChI=1S/C15H17N2O9P/c18-9-3-1-8(2-4-9)10-6-17(15(21)16-14(10)20)13-5-11(19)12(26-13)7-25-27(22,23)24/h1-4,6,11-13,18-19H,5,7H2,(H,16,20,21)(H2,22,23,24)/p-2. The smallest absolute Gasteiger partial charge is 0.330 e. The van der Waals surface area contributed by atoms with Crippen LogP contribution in [-0.2, 0) is 13.8 Å². The number of benzene rings is 1. The van der Waals surface area contributed by atoms with Crippen LogP contribution in [-0.4, -0.2) is 38.6 Å². The predicted octanol–water partition coefficient (Wildman–Crippen LogP) is -1.60. The van der Waals surface area contributed by atoms with E-state index in [9.17, 15) is 34.2 Å². The number of phenolic OH excluding ortho intramolecular Hbond substituents is 1. The second-order valence-corrected chi connectivity index (χ2v) is 7.08. The lowest BCUT2D eigenvalue weighted by atomic mass is 10.1. The highest BCUT2D eigenvalue weighted by Gasteiger charge is 2.36. The molecule has 3 atom stereocenters. The van der Waals surface area contributed by atoms with Crippen LogP contribution in [0.1, 0.15) is 12.6 Å². The van der Waals surface area contributed by atoms with Gasteiger partial charge in [0.1, 0.15) is 18.1 Å². The first-order valence-corrected chi connectivity index (χ1v) is 9.25. The summed E-state index contributed by atoms with van der Waals surface area (Å²) in [4.78, 5) is 47.5. The van der Waals surface area contributed by atoms with Crippen molar-refractivity contribution in [2.24, 2.45) is 0 Å². The molecule has 1 fully saturated rings. The molecule has 11 nitrogen and oxygen atoms in total. The van der Waals surface area contributed by atoms with Crippen molar-refractivity contribution in [2.45, 2.75) is 24.9 Å². The molecule has 1 saturated heterocycles. The van der Waals surface area contributed by atoms with Crippen molar-refractivity contribution in [1.29, 1.82) is 0 Å². The molecular weight excluding hydrogens is 383 g/mol. The van der Waals surface area contributed by atoms with E-state index < -0.39 is 44.1 Å². The van der Waals surface area contributed by atoms with Gasteiger partial charge in [-0.15, -0.1) is 0 Å². The number of phosphoric acid groups is 1. The molecule has 3 unspecified atom stereocenters. The number of aliphatic hydroxyl groups excluding tert-OH is 1. The number of aromatic amines is 1. The number of ether oxygens (including phenoxy) is 1. The maximum absolute atomic E-state index is 12.1. The third-order valence-corrected chi connectivity index (χ3v) is 4.52. The van der Waals surface area contributed by atoms with E-state index in [2.05, 4.69) is 9.51 Å². The van der Waals surface area contributed by atoms with Gasteiger partial charge >= 0.3 is 5.69 Å². The number of nitrogens with one attached hydrogen (secondary N) is 1. The Hall–Kier alpha value is -2.27. The Labute approximate surface area is 151 Å². The number of aliphatic hydroxyl groups is 1. The Bertz CT molecular complexity index is 978. The van der Waals surface area contributed by atoms with Gasteiger partial charge in [-0.1, -0.05) is 12.1 Å². The van der Waals surface area contributed by atoms with E-state index in [1.807, 2.05) is 0 Å². The third-order valence-electron chi connectivity index (χ3n) is 4.06. The number of aromatic hydroxyl groups is 1. The van der Waals surface area contributed by atoms with Gasteiger partial charge in [0.25, 0.3) is 5.56 Å². The Balaban J connectivity index is 1.88. The summed E-state index contributed by atoms with van der Waals surface area (Å²) >= 11 is 0. The van der Waals surface area contributed by atoms with Gasteiger partial charge in [0.05, 0.1) is 26.1 Å². The van der Waals surface area contributed by atoms with Crippen molar-refractivity contribution >= 4 is 7.82 Å². The summed E-state index contributed by atoms with van der Waals surface area (Å²) in [6.45, 7) is -0.690. The molecule has 2 aromatic rings. The first-order chi connectivity index (χ1) is 12.6. The summed E-state index contributed by atoms with van der Waals surface area (Å²) in [5, 5.41) is 19.3. The highest BCUT2D eigenvalue weighted by molar-refractivity contribution is 7.43. The number of hydrogen-bond acceptors (Lipinski definition) is 9. The Morgan fingerprint density at radius 1 is 1.30 bits per heavy atom. The van der Waals surface area contributed by atoms with E-state index in [0.717, 1.165) is 4.57 Å². The lowest BCUT2D eigenvalue weighted by Gasteiger charge is -2.30. The van der Waals surface area contributed by atoms with Crippen molar-refractivity contribution in [2.75, 3.05) is 6.61 Å². The molecule has 146 valence electrons. The number of hydrogen-bond donors (Lipinski definition) is 3. The van der Waals surface area contributed by atoms with E-state index >= 15 is 0 Å². The number of aromatic nitrogens is 2. The largest absolute Gasteiger partial charge is 0.790 e. The molecule has 3 rings (SSSR count). The summed E-state index contributed by atoms with van der Waals surface area (Å²) in [6.07, 6.45) is -2.18. The second-order valence-electron chi connectivity index (χ2n) is 5.93. The Kier molecular flexibility index (Phi) is 5.33. The van der Waals surface area contributed by atoms with Crippen LogP contribution in [0.4, 0.5) is 0 Å². The lowest BCUT2D eigenvalue weighted by molar-refractivity contribution is -0.343. The molecule has 2 heterocycles. The van der Waals surface area contributed by atoms with Crippen LogP contribution < -0.4 is 21.0 Å². The van der Waals surface area contributed by atoms with E-state index in [-0.39, 0.29) is 17.7 Å². The molecule has 0 bridgehead atoms. The first kappa shape index (κ1) is 19.5. The minimum atomic E-state index is -5.23. The summed E-state index contributed by atoms with van der Waals surface area (Å²) in [5.41, 5.74) is -0.894. The molecule has 0 aliphatic carbocycles. The second kappa shape index (κ2) is 7.39. The zero-order valence-corrected chi connectivity index (χ0v) is 14.6. The Morgan fingerprint density at radius 3 is 2.59 bits per heavy atom. The van der Waals surface area contributed by atoms with Gasteiger partial charge in [-0.25, -0.2) is 4.79 Å². The number of nitrogens with zero attached hydrogens (tertiary/aromatic N) is 1. The van der Waals surface area contributed by atoms with Crippen LogP contribution in [0.15, 0.2) is 40.1 Å². The van der Waals surface area contributed by atoms with Crippen LogP contribution in [0.25, 0.3) is 11.1 Å². The topological polar surface area (TPSA) is 177 Å². The minimum Gasteiger partial charge on any atom is -0.790 e. The molecule has 0 radical (unpaired) electrons. The SMILES string of the molecule is O=c1[nH]c(=O)n(C2CC(O)C(COP(=O)([O-])[O-])O2)cc1-c1ccc(O)cc1. The van der Waals surface area contributed by atoms with E-state index in [1.165, 1.54) is 30.5 Å². The normalized spacial score (nSPS) is 22.9. The molecule has 0 spiro atoms. The highest BCUT2D eigenvalue weighted by atomic mass is 31.2. The van der Waals surface area contributed by atoms with E-state index in [0.29, 0.717) is 5.56 Å². The summed E-state index contributed by atoms with van der Waals surface area (Å²) in [5.74, 6) is 0.00243. The Morgan fingerprint density at radius 2 is 1.96 bits per heavy atom. The minimum absolute atomic E-state index is 0.00243. The molecule has 3 N–H and O–H groups in total. The van der Waals surface area contributed by atoms with E-state index in [4.69, 9.17) is 4.74 Å². The van der Waals surface area contributed by atoms with Crippen molar-refractivity contribution < 1.29 is 33.8 Å². The van der Waals surface area contributed by atoms with Gasteiger partial charge in [-0.3, -0.25) is 14.3 Å². The van der Waals surface area contributed by atoms with Crippen molar-refractivity contribution in [1.82, 2.24) is 9.55 Å². The van der Waals surface area contributed by atoms with Crippen LogP contribution in [0.3, 0.4) is 0 Å². The van der Waals surface area contributed by atoms with Gasteiger partial charge in [-0.2, -0.15) is 0 Å². The highest BCUT2D eigenvalue weighted by Crippen LogP contribution is 2.32. The van der Waals surface area contributed by atoms with Gasteiger partial charge in [0.2, 0.25) is 0 Å². The van der Waals surface area contributed by atoms with Gasteiger partial charge in [0.15, 0.2) is 0 Å². The third kappa shape index (κ3) is 4.53. The lowest BCUT2D eigenvalue weighted by Crippen LogP contribution is -2.33. The fraction of sp³-hybridized carbons (Fsp3) is 0.333. The monoisotopic (exact) mass is 398 g/mol. The zero-order chi connectivity index (χ0) is 19.8. The maximum Gasteiger partial charge on any atom is 0.330 e.